The molecule has 0 radical (unpaired) electrons. The number of benzene rings is 3. The van der Waals surface area contributed by atoms with Crippen LogP contribution < -0.4 is 20.4 Å². The summed E-state index contributed by atoms with van der Waals surface area (Å²) in [6, 6.07) is 29.6. The van der Waals surface area contributed by atoms with Gasteiger partial charge in [0.15, 0.2) is 34.4 Å². The third-order valence-electron chi connectivity index (χ3n) is 16.5. The molecule has 0 unspecified atom stereocenters. The number of piperidine rings is 3. The van der Waals surface area contributed by atoms with Crippen LogP contribution in [-0.4, -0.2) is 125 Å². The topological polar surface area (TPSA) is 299 Å². The van der Waals surface area contributed by atoms with Gasteiger partial charge in [-0.25, -0.2) is 44.9 Å². The number of anilines is 3. The lowest BCUT2D eigenvalue weighted by molar-refractivity contribution is -0.124. The molecule has 3 aliphatic rings. The van der Waals surface area contributed by atoms with E-state index in [1.807, 2.05) is 81.3 Å². The van der Waals surface area contributed by atoms with E-state index < -0.39 is 16.2 Å². The number of nitrogens with one attached hydrogen (secondary N) is 3. The lowest BCUT2D eigenvalue weighted by Crippen LogP contribution is -2.50. The fourth-order valence-electron chi connectivity index (χ4n) is 11.8. The minimum Gasteiger partial charge on any atom is -0.369 e. The highest BCUT2D eigenvalue weighted by Gasteiger charge is 2.43. The second-order valence-electron chi connectivity index (χ2n) is 21.2. The second kappa shape index (κ2) is 22.5. The quantitative estimate of drug-likeness (QED) is 0.107. The minimum absolute atomic E-state index is 0.292. The average molecular weight is 1170 g/mol. The highest BCUT2D eigenvalue weighted by Crippen LogP contribution is 2.42. The molecule has 0 saturated carbocycles. The van der Waals surface area contributed by atoms with Crippen molar-refractivity contribution in [1.29, 1.82) is 10.5 Å². The number of nitrogens with zero attached hydrogens (tertiary/aromatic N) is 18. The molecule has 0 bridgehead atoms. The Morgan fingerprint density at radius 1 is 0.518 bits per heavy atom. The highest BCUT2D eigenvalue weighted by atomic mass is 79.9. The summed E-state index contributed by atoms with van der Waals surface area (Å²) in [5.41, 5.74) is 16.1. The van der Waals surface area contributed by atoms with Crippen LogP contribution in [0.1, 0.15) is 55.2 Å². The van der Waals surface area contributed by atoms with E-state index in [1.165, 1.54) is 6.33 Å². The lowest BCUT2D eigenvalue weighted by atomic mass is 9.71. The number of rotatable bonds is 9. The molecular weight excluding hydrogens is 1110 g/mol. The van der Waals surface area contributed by atoms with E-state index in [1.54, 1.807) is 41.0 Å². The van der Waals surface area contributed by atoms with Crippen molar-refractivity contribution in [2.24, 2.45) is 19.8 Å². The van der Waals surface area contributed by atoms with Crippen LogP contribution in [-0.2, 0) is 35.1 Å². The Bertz CT molecular complexity index is 4200. The van der Waals surface area contributed by atoms with Gasteiger partial charge in [0.05, 0.1) is 59.8 Å². The van der Waals surface area contributed by atoms with Crippen molar-refractivity contribution in [2.45, 2.75) is 54.8 Å². The first-order valence-electron chi connectivity index (χ1n) is 27.2. The van der Waals surface area contributed by atoms with Gasteiger partial charge >= 0.3 is 0 Å². The van der Waals surface area contributed by atoms with Crippen molar-refractivity contribution < 1.29 is 4.79 Å². The fourth-order valence-corrected chi connectivity index (χ4v) is 12.2. The van der Waals surface area contributed by atoms with Gasteiger partial charge in [0.1, 0.15) is 35.5 Å². The van der Waals surface area contributed by atoms with Gasteiger partial charge in [-0.3, -0.25) is 14.2 Å². The SMILES string of the molecule is Cn1cc(-c2cccc(C3(C#N)CCN(c4ncnc5nc[nH]c45)CC3)c2)cn1.Cn1cc(-c2cccc(C3(C(N)=O)CCN(c4ncnc5nc[nH]c45)CC3)c2)cn1.N#CC1(c2cccc(Br)c2)CCN(c2ncnc3nc[nH]c23)CC1. The number of aromatic nitrogens is 16. The highest BCUT2D eigenvalue weighted by molar-refractivity contribution is 9.10. The summed E-state index contributed by atoms with van der Waals surface area (Å²) in [6.45, 7) is 4.35. The van der Waals surface area contributed by atoms with Crippen molar-refractivity contribution in [3.05, 3.63) is 157 Å². The summed E-state index contributed by atoms with van der Waals surface area (Å²) in [5.74, 6) is 2.22. The Kier molecular flexibility index (Phi) is 14.6. The molecule has 1 amide bonds. The van der Waals surface area contributed by atoms with Crippen LogP contribution in [0.3, 0.4) is 0 Å². The maximum absolute atomic E-state index is 12.7. The first-order chi connectivity index (χ1) is 40.5. The summed E-state index contributed by atoms with van der Waals surface area (Å²) >= 11 is 3.51. The van der Waals surface area contributed by atoms with Crippen LogP contribution in [0.5, 0.6) is 0 Å². The Labute approximate surface area is 484 Å². The van der Waals surface area contributed by atoms with E-state index in [2.05, 4.69) is 143 Å². The molecule has 0 spiro atoms. The number of primary amides is 1. The van der Waals surface area contributed by atoms with Gasteiger partial charge in [-0.2, -0.15) is 20.7 Å². The van der Waals surface area contributed by atoms with Gasteiger partial charge in [-0.05, 0) is 90.6 Å². The molecular formula is C59H57BrN22O. The zero-order chi connectivity index (χ0) is 57.1. The van der Waals surface area contributed by atoms with E-state index in [9.17, 15) is 15.3 Å². The summed E-state index contributed by atoms with van der Waals surface area (Å²) in [5, 5.41) is 28.5. The number of aromatic amines is 3. The molecule has 11 heterocycles. The Morgan fingerprint density at radius 2 is 0.904 bits per heavy atom. The van der Waals surface area contributed by atoms with Crippen molar-refractivity contribution in [3.8, 4) is 34.4 Å². The molecule has 416 valence electrons. The number of nitrogens with two attached hydrogens (primary N) is 1. The second-order valence-corrected chi connectivity index (χ2v) is 22.1. The maximum Gasteiger partial charge on any atom is 0.228 e. The number of hydrogen-bond acceptors (Lipinski definition) is 17. The summed E-state index contributed by atoms with van der Waals surface area (Å²) in [4.78, 5) is 67.1. The van der Waals surface area contributed by atoms with Gasteiger partial charge in [0.25, 0.3) is 0 Å². The molecule has 3 aromatic carbocycles. The van der Waals surface area contributed by atoms with Gasteiger partial charge in [0, 0.05) is 81.4 Å². The van der Waals surface area contributed by atoms with Crippen LogP contribution in [0.2, 0.25) is 0 Å². The van der Waals surface area contributed by atoms with Crippen molar-refractivity contribution in [3.63, 3.8) is 0 Å². The average Bonchev–Trinajstić information content (AvgIpc) is 4.12. The maximum atomic E-state index is 12.7. The van der Waals surface area contributed by atoms with E-state index >= 15 is 0 Å². The van der Waals surface area contributed by atoms with E-state index in [-0.39, 0.29) is 5.91 Å². The number of H-pyrrole nitrogens is 3. The first-order valence-corrected chi connectivity index (χ1v) is 28.0. The molecule has 3 saturated heterocycles. The monoisotopic (exact) mass is 1170 g/mol. The van der Waals surface area contributed by atoms with E-state index in [0.717, 1.165) is 129 Å². The predicted molar refractivity (Wildman–Crippen MR) is 316 cm³/mol. The summed E-state index contributed by atoms with van der Waals surface area (Å²) < 4.78 is 4.56. The molecule has 23 nitrogen and oxygen atoms in total. The molecule has 14 rings (SSSR count). The molecule has 24 heteroatoms. The van der Waals surface area contributed by atoms with E-state index in [0.29, 0.717) is 42.9 Å². The predicted octanol–water partition coefficient (Wildman–Crippen LogP) is 7.77. The molecule has 3 fully saturated rings. The molecule has 11 aromatic rings. The molecule has 0 aliphatic carbocycles. The van der Waals surface area contributed by atoms with Gasteiger partial charge in [-0.15, -0.1) is 0 Å². The molecule has 8 aromatic heterocycles. The van der Waals surface area contributed by atoms with Crippen LogP contribution in [0.4, 0.5) is 17.5 Å². The largest absolute Gasteiger partial charge is 0.369 e. The van der Waals surface area contributed by atoms with Gasteiger partial charge in [-0.1, -0.05) is 64.5 Å². The van der Waals surface area contributed by atoms with Crippen LogP contribution >= 0.6 is 15.9 Å². The normalized spacial score (nSPS) is 16.3. The van der Waals surface area contributed by atoms with E-state index in [4.69, 9.17) is 5.73 Å². The number of imidazole rings is 3. The summed E-state index contributed by atoms with van der Waals surface area (Å²) in [6.07, 6.45) is 21.3. The number of hydrogen-bond donors (Lipinski definition) is 4. The standard InChI is InChI=1S/C21H22N8O.C21H20N8.C17H15BrN6/c1-28-11-15(10-27-28)14-3-2-4-16(9-14)21(20(22)30)5-7-29(8-6-21)19-17-18(24-12-23-17)25-13-26-19;1-28-11-16(10-27-28)15-3-2-4-17(9-15)21(12-22)5-7-29(8-6-21)20-18-19(24-13-23-18)25-14-26-20;18-13-3-1-2-12(8-13)17(9-19)4-6-24(7-5-17)16-14-15(21-10-20-14)22-11-23-16/h2-4,9-13H,5-8H2,1H3,(H2,22,30)(H,23,24,25,26);2-4,9-11,13-14H,5-8H2,1H3,(H,23,24,25,26);1-3,8,10-11H,4-7H2,(H,20,21,22,23). The zero-order valence-corrected chi connectivity index (χ0v) is 47.2. The number of nitriles is 2. The number of fused-ring (bicyclic) bond motifs is 3. The third-order valence-corrected chi connectivity index (χ3v) is 17.0. The number of carbonyl (C=O) groups excluding carboxylic acids is 1. The first kappa shape index (κ1) is 53.7. The smallest absolute Gasteiger partial charge is 0.228 e. The molecule has 5 N–H and O–H groups in total. The van der Waals surface area contributed by atoms with Crippen molar-refractivity contribution in [2.75, 3.05) is 54.0 Å². The molecule has 3 aliphatic heterocycles. The Balaban J connectivity index is 0.000000124. The number of aryl methyl sites for hydroxylation is 2. The molecule has 83 heavy (non-hydrogen) atoms. The van der Waals surface area contributed by atoms with Crippen molar-refractivity contribution >= 4 is 72.8 Å². The number of carbonyl (C=O) groups is 1. The molecule has 0 atom stereocenters. The Morgan fingerprint density at radius 3 is 1.29 bits per heavy atom. The fraction of sp³-hybridized carbons (Fsp3) is 0.288. The van der Waals surface area contributed by atoms with Crippen LogP contribution in [0, 0.1) is 22.7 Å². The van der Waals surface area contributed by atoms with Gasteiger partial charge < -0.3 is 35.4 Å². The van der Waals surface area contributed by atoms with Crippen LogP contribution in [0.15, 0.2) is 140 Å². The minimum atomic E-state index is -0.713. The summed E-state index contributed by atoms with van der Waals surface area (Å²) in [7, 11) is 3.79. The van der Waals surface area contributed by atoms with Crippen molar-refractivity contribution in [1.82, 2.24) is 79.4 Å². The lowest BCUT2D eigenvalue weighted by Gasteiger charge is -2.40. The Hall–Kier alpha value is -9.94. The number of amides is 1. The third kappa shape index (κ3) is 10.4. The zero-order valence-electron chi connectivity index (χ0n) is 45.6. The van der Waals surface area contributed by atoms with Crippen LogP contribution in [0.25, 0.3) is 55.7 Å². The van der Waals surface area contributed by atoms with Gasteiger partial charge in [0.2, 0.25) is 5.91 Å². The number of halogens is 1.